The van der Waals surface area contributed by atoms with Crippen molar-refractivity contribution in [3.63, 3.8) is 0 Å². The number of hydrogen-bond donors (Lipinski definition) is 4. The first kappa shape index (κ1) is 16.1. The van der Waals surface area contributed by atoms with Crippen LogP contribution >= 0.6 is 0 Å². The minimum atomic E-state index is -1.07. The lowest BCUT2D eigenvalue weighted by Gasteiger charge is -2.19. The summed E-state index contributed by atoms with van der Waals surface area (Å²) in [6, 6.07) is 6.65. The van der Waals surface area contributed by atoms with Crippen molar-refractivity contribution >= 4 is 17.5 Å². The molecule has 0 fully saturated rings. The summed E-state index contributed by atoms with van der Waals surface area (Å²) < 4.78 is 0. The van der Waals surface area contributed by atoms with Gasteiger partial charge in [-0.2, -0.15) is 0 Å². The molecule has 4 N–H and O–H groups in total. The predicted molar refractivity (Wildman–Crippen MR) is 75.0 cm³/mol. The number of hydrogen-bond acceptors (Lipinski definition) is 4. The van der Waals surface area contributed by atoms with Crippen LogP contribution in [0.5, 0.6) is 0 Å². The second kappa shape index (κ2) is 7.62. The van der Waals surface area contributed by atoms with Gasteiger partial charge in [0.15, 0.2) is 0 Å². The monoisotopic (exact) mass is 280 g/mol. The first-order valence-corrected chi connectivity index (χ1v) is 6.38. The molecule has 6 nitrogen and oxygen atoms in total. The lowest BCUT2D eigenvalue weighted by atomic mass is 10.0. The number of anilines is 1. The number of benzene rings is 1. The molecule has 0 saturated carbocycles. The number of aliphatic hydroxyl groups excluding tert-OH is 2. The Bertz CT molecular complexity index is 476. The third-order valence-electron chi connectivity index (χ3n) is 2.73. The number of aliphatic hydroxyl groups is 2. The smallest absolute Gasteiger partial charge is 0.221 e. The molecule has 1 aromatic rings. The Morgan fingerprint density at radius 3 is 2.50 bits per heavy atom. The zero-order chi connectivity index (χ0) is 15.1. The molecule has 0 aliphatic carbocycles. The molecule has 6 heteroatoms. The van der Waals surface area contributed by atoms with Gasteiger partial charge in [-0.05, 0) is 24.1 Å². The quantitative estimate of drug-likeness (QED) is 0.612. The number of rotatable bonds is 6. The normalized spacial score (nSPS) is 13.4. The van der Waals surface area contributed by atoms with Gasteiger partial charge < -0.3 is 20.8 Å². The van der Waals surface area contributed by atoms with Gasteiger partial charge >= 0.3 is 0 Å². The molecule has 1 aromatic carbocycles. The fourth-order valence-electron chi connectivity index (χ4n) is 1.78. The van der Waals surface area contributed by atoms with Crippen LogP contribution in [-0.2, 0) is 9.59 Å². The van der Waals surface area contributed by atoms with Crippen LogP contribution in [0.3, 0.4) is 0 Å². The van der Waals surface area contributed by atoms with Crippen LogP contribution in [0.1, 0.15) is 31.9 Å². The zero-order valence-corrected chi connectivity index (χ0v) is 11.6. The van der Waals surface area contributed by atoms with Gasteiger partial charge in [-0.3, -0.25) is 9.59 Å². The van der Waals surface area contributed by atoms with Gasteiger partial charge in [-0.1, -0.05) is 12.1 Å². The van der Waals surface area contributed by atoms with E-state index in [9.17, 15) is 19.8 Å². The highest BCUT2D eigenvalue weighted by Crippen LogP contribution is 2.21. The Balaban J connectivity index is 2.63. The first-order chi connectivity index (χ1) is 9.40. The van der Waals surface area contributed by atoms with Crippen LogP contribution in [0, 0.1) is 0 Å². The van der Waals surface area contributed by atoms with Crippen LogP contribution < -0.4 is 10.6 Å². The molecule has 2 unspecified atom stereocenters. The van der Waals surface area contributed by atoms with Crippen molar-refractivity contribution in [3.05, 3.63) is 29.8 Å². The van der Waals surface area contributed by atoms with Gasteiger partial charge in [0.1, 0.15) is 6.10 Å². The lowest BCUT2D eigenvalue weighted by Crippen LogP contribution is -2.27. The summed E-state index contributed by atoms with van der Waals surface area (Å²) in [6.07, 6.45) is -1.82. The van der Waals surface area contributed by atoms with Crippen molar-refractivity contribution in [2.75, 3.05) is 11.9 Å². The van der Waals surface area contributed by atoms with Crippen molar-refractivity contribution in [1.82, 2.24) is 5.32 Å². The highest BCUT2D eigenvalue weighted by molar-refractivity contribution is 5.88. The number of nitrogens with one attached hydrogen (secondary N) is 2. The molecule has 110 valence electrons. The van der Waals surface area contributed by atoms with Crippen LogP contribution in [0.2, 0.25) is 0 Å². The maximum absolute atomic E-state index is 11.0. The molecule has 0 spiro atoms. The predicted octanol–water partition coefficient (Wildman–Crippen LogP) is 0.565. The average molecular weight is 280 g/mol. The lowest BCUT2D eigenvalue weighted by molar-refractivity contribution is -0.119. The Morgan fingerprint density at radius 2 is 1.90 bits per heavy atom. The first-order valence-electron chi connectivity index (χ1n) is 6.38. The van der Waals surface area contributed by atoms with E-state index in [1.165, 1.54) is 13.8 Å². The highest BCUT2D eigenvalue weighted by atomic mass is 16.3. The molecule has 0 saturated heterocycles. The molecule has 0 aliphatic rings. The highest BCUT2D eigenvalue weighted by Gasteiger charge is 2.18. The van der Waals surface area contributed by atoms with Crippen LogP contribution in [0.4, 0.5) is 5.69 Å². The minimum absolute atomic E-state index is 0.181. The molecular formula is C14H20N2O4. The van der Waals surface area contributed by atoms with E-state index in [0.29, 0.717) is 17.8 Å². The van der Waals surface area contributed by atoms with E-state index in [0.717, 1.165) is 0 Å². The van der Waals surface area contributed by atoms with Crippen molar-refractivity contribution in [2.24, 2.45) is 0 Å². The van der Waals surface area contributed by atoms with Crippen LogP contribution in [0.15, 0.2) is 24.3 Å². The van der Waals surface area contributed by atoms with Gasteiger partial charge in [0.05, 0.1) is 6.10 Å². The van der Waals surface area contributed by atoms with Crippen molar-refractivity contribution in [3.8, 4) is 0 Å². The Hall–Kier alpha value is -1.92. The summed E-state index contributed by atoms with van der Waals surface area (Å²) in [5.74, 6) is -0.387. The molecule has 2 amide bonds. The summed E-state index contributed by atoms with van der Waals surface area (Å²) >= 11 is 0. The minimum Gasteiger partial charge on any atom is -0.390 e. The largest absolute Gasteiger partial charge is 0.390 e. The second-order valence-electron chi connectivity index (χ2n) is 4.59. The maximum Gasteiger partial charge on any atom is 0.221 e. The molecule has 0 aromatic heterocycles. The number of amides is 2. The van der Waals surface area contributed by atoms with E-state index < -0.39 is 12.2 Å². The van der Waals surface area contributed by atoms with E-state index in [1.54, 1.807) is 24.3 Å². The molecule has 2 atom stereocenters. The summed E-state index contributed by atoms with van der Waals surface area (Å²) in [4.78, 5) is 21.7. The van der Waals surface area contributed by atoms with Gasteiger partial charge in [-0.25, -0.2) is 0 Å². The molecule has 0 bridgehead atoms. The van der Waals surface area contributed by atoms with E-state index in [4.69, 9.17) is 0 Å². The third-order valence-corrected chi connectivity index (χ3v) is 2.73. The van der Waals surface area contributed by atoms with E-state index in [-0.39, 0.29) is 18.2 Å². The van der Waals surface area contributed by atoms with Gasteiger partial charge in [0.2, 0.25) is 11.8 Å². The molecular weight excluding hydrogens is 260 g/mol. The topological polar surface area (TPSA) is 98.7 Å². The zero-order valence-electron chi connectivity index (χ0n) is 11.6. The molecule has 0 aliphatic heterocycles. The van der Waals surface area contributed by atoms with Crippen LogP contribution in [0.25, 0.3) is 0 Å². The molecule has 0 radical (unpaired) electrons. The summed E-state index contributed by atoms with van der Waals surface area (Å²) in [5, 5.41) is 25.1. The van der Waals surface area contributed by atoms with Crippen LogP contribution in [-0.4, -0.2) is 34.7 Å². The molecule has 0 heterocycles. The van der Waals surface area contributed by atoms with E-state index >= 15 is 0 Å². The fourth-order valence-corrected chi connectivity index (χ4v) is 1.78. The van der Waals surface area contributed by atoms with Gasteiger partial charge in [-0.15, -0.1) is 0 Å². The van der Waals surface area contributed by atoms with Crippen molar-refractivity contribution < 1.29 is 19.8 Å². The summed E-state index contributed by atoms with van der Waals surface area (Å²) in [7, 11) is 0. The van der Waals surface area contributed by atoms with Crippen molar-refractivity contribution in [1.29, 1.82) is 0 Å². The Kier molecular flexibility index (Phi) is 6.14. The average Bonchev–Trinajstić information content (AvgIpc) is 2.36. The second-order valence-corrected chi connectivity index (χ2v) is 4.59. The Labute approximate surface area is 117 Å². The standard InChI is InChI=1S/C14H20N2O4/c1-9(17)15-7-6-13(19)14(20)11-4-3-5-12(8-11)16-10(2)18/h3-5,8,13-14,19-20H,6-7H2,1-2H3,(H,15,17)(H,16,18). The van der Waals surface area contributed by atoms with Gasteiger partial charge in [0, 0.05) is 26.1 Å². The van der Waals surface area contributed by atoms with Crippen molar-refractivity contribution in [2.45, 2.75) is 32.5 Å². The Morgan fingerprint density at radius 1 is 1.20 bits per heavy atom. The van der Waals surface area contributed by atoms with E-state index in [2.05, 4.69) is 10.6 Å². The fraction of sp³-hybridized carbons (Fsp3) is 0.429. The number of carbonyl (C=O) groups excluding carboxylic acids is 2. The van der Waals surface area contributed by atoms with E-state index in [1.807, 2.05) is 0 Å². The molecule has 20 heavy (non-hydrogen) atoms. The third kappa shape index (κ3) is 5.38. The summed E-state index contributed by atoms with van der Waals surface area (Å²) in [5.41, 5.74) is 1.06. The maximum atomic E-state index is 11.0. The summed E-state index contributed by atoms with van der Waals surface area (Å²) in [6.45, 7) is 3.07. The molecule has 1 rings (SSSR count). The SMILES string of the molecule is CC(=O)NCCC(O)C(O)c1cccc(NC(C)=O)c1. The van der Waals surface area contributed by atoms with Gasteiger partial charge in [0.25, 0.3) is 0 Å². The number of carbonyl (C=O) groups is 2.